The summed E-state index contributed by atoms with van der Waals surface area (Å²) < 4.78 is 11.6. The molecule has 0 aromatic heterocycles. The fourth-order valence-electron chi connectivity index (χ4n) is 3.41. The Hall–Kier alpha value is -1.39. The SMILES string of the molecule is CC(=O)O[C@H]1/C=C(C(C)C)/C=C/[C@@](C)(O)CC/C=C(\C)CC[C@@H]2O[C@@]12C. The lowest BCUT2D eigenvalue weighted by molar-refractivity contribution is -0.146. The van der Waals surface area contributed by atoms with Gasteiger partial charge in [0, 0.05) is 6.92 Å². The van der Waals surface area contributed by atoms with Gasteiger partial charge in [0.25, 0.3) is 0 Å². The predicted molar refractivity (Wildman–Crippen MR) is 104 cm³/mol. The van der Waals surface area contributed by atoms with E-state index >= 15 is 0 Å². The lowest BCUT2D eigenvalue weighted by atomic mass is 9.90. The zero-order valence-electron chi connectivity index (χ0n) is 17.0. The number of hydrogen-bond donors (Lipinski definition) is 1. The van der Waals surface area contributed by atoms with E-state index < -0.39 is 17.3 Å². The number of hydrogen-bond acceptors (Lipinski definition) is 4. The molecule has 1 N–H and O–H groups in total. The molecule has 0 saturated carbocycles. The third-order valence-electron chi connectivity index (χ3n) is 5.43. The van der Waals surface area contributed by atoms with Gasteiger partial charge in [-0.1, -0.05) is 37.6 Å². The van der Waals surface area contributed by atoms with Crippen LogP contribution in [0.15, 0.2) is 35.5 Å². The van der Waals surface area contributed by atoms with E-state index in [1.165, 1.54) is 12.5 Å². The van der Waals surface area contributed by atoms with Gasteiger partial charge in [0.2, 0.25) is 0 Å². The third kappa shape index (κ3) is 5.55. The number of aliphatic hydroxyl groups is 1. The van der Waals surface area contributed by atoms with Gasteiger partial charge < -0.3 is 14.6 Å². The second-order valence-electron chi connectivity index (χ2n) is 8.46. The Morgan fingerprint density at radius 2 is 2.08 bits per heavy atom. The molecule has 26 heavy (non-hydrogen) atoms. The molecule has 1 fully saturated rings. The molecule has 0 spiro atoms. The highest BCUT2D eigenvalue weighted by atomic mass is 16.6. The molecule has 0 amide bonds. The largest absolute Gasteiger partial charge is 0.455 e. The lowest BCUT2D eigenvalue weighted by Crippen LogP contribution is -2.32. The van der Waals surface area contributed by atoms with E-state index in [4.69, 9.17) is 9.47 Å². The number of fused-ring (bicyclic) bond motifs is 1. The highest BCUT2D eigenvalue weighted by molar-refractivity contribution is 5.66. The summed E-state index contributed by atoms with van der Waals surface area (Å²) >= 11 is 0. The summed E-state index contributed by atoms with van der Waals surface area (Å²) in [5, 5.41) is 10.6. The van der Waals surface area contributed by atoms with Crippen LogP contribution in [0.1, 0.15) is 67.2 Å². The predicted octanol–water partition coefficient (Wildman–Crippen LogP) is 4.49. The van der Waals surface area contributed by atoms with Crippen molar-refractivity contribution in [2.24, 2.45) is 5.92 Å². The Morgan fingerprint density at radius 3 is 2.69 bits per heavy atom. The maximum atomic E-state index is 11.7. The summed E-state index contributed by atoms with van der Waals surface area (Å²) in [7, 11) is 0. The standard InChI is InChI=1S/C22H34O4/c1-15(2)18-11-13-21(5,24)12-7-8-16(3)9-10-19-22(6,26-19)20(14-18)25-17(4)23/h8,11,13-15,19-20,24H,7,9-10,12H2,1-6H3/b13-11+,16-8+,18-14-/t19-,20-,21-,22+/m0/s1. The molecule has 1 aliphatic carbocycles. The molecule has 0 unspecified atom stereocenters. The fourth-order valence-corrected chi connectivity index (χ4v) is 3.41. The van der Waals surface area contributed by atoms with Gasteiger partial charge in [-0.15, -0.1) is 0 Å². The van der Waals surface area contributed by atoms with E-state index in [0.717, 1.165) is 24.8 Å². The van der Waals surface area contributed by atoms with Crippen molar-refractivity contribution < 1.29 is 19.4 Å². The van der Waals surface area contributed by atoms with Gasteiger partial charge in [0.05, 0.1) is 11.7 Å². The average Bonchev–Trinajstić information content (AvgIpc) is 3.18. The summed E-state index contributed by atoms with van der Waals surface area (Å²) in [4.78, 5) is 11.7. The van der Waals surface area contributed by atoms with Crippen molar-refractivity contribution in [1.82, 2.24) is 0 Å². The molecule has 146 valence electrons. The van der Waals surface area contributed by atoms with Crippen LogP contribution in [-0.2, 0) is 14.3 Å². The van der Waals surface area contributed by atoms with Crippen LogP contribution < -0.4 is 0 Å². The Labute approximate surface area is 158 Å². The van der Waals surface area contributed by atoms with Crippen LogP contribution >= 0.6 is 0 Å². The van der Waals surface area contributed by atoms with Gasteiger partial charge in [-0.3, -0.25) is 4.79 Å². The number of ether oxygens (including phenoxy) is 2. The van der Waals surface area contributed by atoms with Crippen molar-refractivity contribution in [2.45, 2.75) is 90.6 Å². The van der Waals surface area contributed by atoms with E-state index in [0.29, 0.717) is 6.42 Å². The zero-order chi connectivity index (χ0) is 19.5. The first-order chi connectivity index (χ1) is 12.0. The molecule has 2 rings (SSSR count). The molecule has 1 aliphatic heterocycles. The molecular formula is C22H34O4. The summed E-state index contributed by atoms with van der Waals surface area (Å²) in [6, 6.07) is 0. The van der Waals surface area contributed by atoms with Gasteiger partial charge in [0.15, 0.2) is 6.10 Å². The van der Waals surface area contributed by atoms with Crippen molar-refractivity contribution in [3.8, 4) is 0 Å². The molecule has 0 bridgehead atoms. The fraction of sp³-hybridized carbons (Fsp3) is 0.682. The number of esters is 1. The molecule has 1 saturated heterocycles. The van der Waals surface area contributed by atoms with Crippen LogP contribution in [0.25, 0.3) is 0 Å². The van der Waals surface area contributed by atoms with Crippen LogP contribution in [0.2, 0.25) is 0 Å². The molecule has 4 nitrogen and oxygen atoms in total. The van der Waals surface area contributed by atoms with Crippen LogP contribution in [0, 0.1) is 5.92 Å². The van der Waals surface area contributed by atoms with Crippen molar-refractivity contribution in [1.29, 1.82) is 0 Å². The Bertz CT molecular complexity index is 612. The first kappa shape index (κ1) is 20.9. The van der Waals surface area contributed by atoms with Gasteiger partial charge in [-0.25, -0.2) is 0 Å². The highest BCUT2D eigenvalue weighted by Crippen LogP contribution is 2.45. The Morgan fingerprint density at radius 1 is 1.38 bits per heavy atom. The minimum Gasteiger partial charge on any atom is -0.455 e. The van der Waals surface area contributed by atoms with Crippen LogP contribution in [0.3, 0.4) is 0 Å². The zero-order valence-corrected chi connectivity index (χ0v) is 17.0. The topological polar surface area (TPSA) is 59.1 Å². The lowest BCUT2D eigenvalue weighted by Gasteiger charge is -2.22. The maximum absolute atomic E-state index is 11.7. The average molecular weight is 363 g/mol. The maximum Gasteiger partial charge on any atom is 0.303 e. The molecule has 0 radical (unpaired) electrons. The first-order valence-electron chi connectivity index (χ1n) is 9.67. The molecule has 0 aromatic carbocycles. The van der Waals surface area contributed by atoms with E-state index in [1.54, 1.807) is 0 Å². The van der Waals surface area contributed by atoms with E-state index in [-0.39, 0.29) is 18.0 Å². The molecule has 4 atom stereocenters. The monoisotopic (exact) mass is 362 g/mol. The second kappa shape index (κ2) is 8.10. The van der Waals surface area contributed by atoms with Gasteiger partial charge >= 0.3 is 5.97 Å². The Balaban J connectivity index is 2.38. The number of carbonyl (C=O) groups is 1. The summed E-state index contributed by atoms with van der Waals surface area (Å²) in [5.74, 6) is -0.0612. The number of allylic oxidation sites excluding steroid dienone is 4. The van der Waals surface area contributed by atoms with Crippen LogP contribution in [0.5, 0.6) is 0 Å². The van der Waals surface area contributed by atoms with Crippen LogP contribution in [0.4, 0.5) is 0 Å². The normalized spacial score (nSPS) is 41.1. The number of rotatable bonds is 2. The van der Waals surface area contributed by atoms with Crippen molar-refractivity contribution in [3.05, 3.63) is 35.5 Å². The van der Waals surface area contributed by atoms with Gasteiger partial charge in [-0.2, -0.15) is 0 Å². The minimum atomic E-state index is -0.867. The quantitative estimate of drug-likeness (QED) is 0.447. The molecule has 1 heterocycles. The van der Waals surface area contributed by atoms with Gasteiger partial charge in [-0.05, 0) is 64.0 Å². The third-order valence-corrected chi connectivity index (χ3v) is 5.43. The van der Waals surface area contributed by atoms with Crippen LogP contribution in [-0.4, -0.2) is 34.5 Å². The molecule has 4 heteroatoms. The highest BCUT2D eigenvalue weighted by Gasteiger charge is 2.58. The van der Waals surface area contributed by atoms with Crippen molar-refractivity contribution in [3.63, 3.8) is 0 Å². The molecule has 0 aromatic rings. The molecule has 2 aliphatic rings. The summed E-state index contributed by atoms with van der Waals surface area (Å²) in [6.07, 6.45) is 11.1. The van der Waals surface area contributed by atoms with E-state index in [1.807, 2.05) is 32.1 Å². The van der Waals surface area contributed by atoms with Crippen molar-refractivity contribution >= 4 is 5.97 Å². The van der Waals surface area contributed by atoms with E-state index in [9.17, 15) is 9.90 Å². The minimum absolute atomic E-state index is 0.0925. The van der Waals surface area contributed by atoms with E-state index in [2.05, 4.69) is 26.8 Å². The summed E-state index contributed by atoms with van der Waals surface area (Å²) in [5.41, 5.74) is 0.999. The Kier molecular flexibility index (Phi) is 6.51. The number of epoxide rings is 1. The molecular weight excluding hydrogens is 328 g/mol. The smallest absolute Gasteiger partial charge is 0.303 e. The summed E-state index contributed by atoms with van der Waals surface area (Å²) in [6.45, 7) is 11.6. The number of carbonyl (C=O) groups excluding carboxylic acids is 1. The van der Waals surface area contributed by atoms with Gasteiger partial charge in [0.1, 0.15) is 5.60 Å². The van der Waals surface area contributed by atoms with Crippen molar-refractivity contribution in [2.75, 3.05) is 0 Å². The first-order valence-corrected chi connectivity index (χ1v) is 9.67. The second-order valence-corrected chi connectivity index (χ2v) is 8.46.